The second-order valence-corrected chi connectivity index (χ2v) is 6.36. The molecule has 0 saturated carbocycles. The first-order valence-electron chi connectivity index (χ1n) is 6.01. The molecule has 0 bridgehead atoms. The van der Waals surface area contributed by atoms with Crippen molar-refractivity contribution in [1.82, 2.24) is 9.78 Å². The normalized spacial score (nSPS) is 11.5. The summed E-state index contributed by atoms with van der Waals surface area (Å²) in [6, 6.07) is 4.13. The number of nitrogens with two attached hydrogens (primary N) is 1. The molecule has 21 heavy (non-hydrogen) atoms. The van der Waals surface area contributed by atoms with Crippen molar-refractivity contribution in [3.05, 3.63) is 35.6 Å². The van der Waals surface area contributed by atoms with Crippen molar-refractivity contribution in [3.63, 3.8) is 0 Å². The first-order chi connectivity index (χ1) is 9.92. The Labute approximate surface area is 127 Å². The van der Waals surface area contributed by atoms with Crippen LogP contribution in [0.15, 0.2) is 35.5 Å². The van der Waals surface area contributed by atoms with E-state index in [0.29, 0.717) is 24.5 Å². The summed E-state index contributed by atoms with van der Waals surface area (Å²) < 4.78 is 33.4. The number of rotatable bonds is 6. The van der Waals surface area contributed by atoms with E-state index in [-0.39, 0.29) is 9.92 Å². The molecule has 3 N–H and O–H groups in total. The summed E-state index contributed by atoms with van der Waals surface area (Å²) in [7, 11) is -2.15. The lowest BCUT2D eigenvalue weighted by atomic mass is 10.3. The van der Waals surface area contributed by atoms with Crippen LogP contribution in [0.5, 0.6) is 0 Å². The van der Waals surface area contributed by atoms with E-state index >= 15 is 0 Å². The van der Waals surface area contributed by atoms with Crippen LogP contribution in [0.4, 0.5) is 11.4 Å². The fraction of sp³-hybridized carbons (Fsp3) is 0.250. The summed E-state index contributed by atoms with van der Waals surface area (Å²) in [5, 5.41) is 4.22. The quantitative estimate of drug-likeness (QED) is 0.783. The van der Waals surface area contributed by atoms with E-state index in [2.05, 4.69) is 9.82 Å². The van der Waals surface area contributed by atoms with Crippen LogP contribution in [0.25, 0.3) is 0 Å². The maximum Gasteiger partial charge on any atom is 0.262 e. The monoisotopic (exact) mass is 330 g/mol. The topological polar surface area (TPSA) is 99.2 Å². The minimum atomic E-state index is -3.73. The summed E-state index contributed by atoms with van der Waals surface area (Å²) in [6.45, 7) is 1.02. The SMILES string of the molecule is COCCn1cc(NS(=O)(=O)c2ccc(N)c(Cl)c2)cn1. The fourth-order valence-corrected chi connectivity index (χ4v) is 2.91. The van der Waals surface area contributed by atoms with Gasteiger partial charge in [0.25, 0.3) is 10.0 Å². The Kier molecular flexibility index (Phi) is 4.71. The van der Waals surface area contributed by atoms with Gasteiger partial charge in [-0.3, -0.25) is 9.40 Å². The van der Waals surface area contributed by atoms with Crippen LogP contribution >= 0.6 is 11.6 Å². The number of anilines is 2. The van der Waals surface area contributed by atoms with Crippen molar-refractivity contribution in [2.24, 2.45) is 0 Å². The standard InChI is InChI=1S/C12H15ClN4O3S/c1-20-5-4-17-8-9(7-15-17)16-21(18,19)10-2-3-12(14)11(13)6-10/h2-3,6-8,16H,4-5,14H2,1H3. The molecule has 0 aliphatic rings. The first-order valence-corrected chi connectivity index (χ1v) is 7.88. The van der Waals surface area contributed by atoms with Crippen LogP contribution < -0.4 is 10.5 Å². The number of nitrogens with one attached hydrogen (secondary N) is 1. The lowest BCUT2D eigenvalue weighted by Crippen LogP contribution is -2.12. The van der Waals surface area contributed by atoms with Gasteiger partial charge in [0.1, 0.15) is 0 Å². The Morgan fingerprint density at radius 3 is 2.90 bits per heavy atom. The summed E-state index contributed by atoms with van der Waals surface area (Å²) in [5.41, 5.74) is 6.24. The van der Waals surface area contributed by atoms with Crippen molar-refractivity contribution in [1.29, 1.82) is 0 Å². The molecule has 1 heterocycles. The lowest BCUT2D eigenvalue weighted by Gasteiger charge is -2.07. The molecule has 0 spiro atoms. The van der Waals surface area contributed by atoms with Crippen LogP contribution in [0.1, 0.15) is 0 Å². The molecule has 0 aliphatic heterocycles. The van der Waals surface area contributed by atoms with E-state index in [9.17, 15) is 8.42 Å². The lowest BCUT2D eigenvalue weighted by molar-refractivity contribution is 0.183. The average molecular weight is 331 g/mol. The van der Waals surface area contributed by atoms with E-state index in [1.807, 2.05) is 0 Å². The van der Waals surface area contributed by atoms with Crippen molar-refractivity contribution >= 4 is 33.0 Å². The van der Waals surface area contributed by atoms with Crippen molar-refractivity contribution in [3.8, 4) is 0 Å². The van der Waals surface area contributed by atoms with Crippen molar-refractivity contribution in [2.75, 3.05) is 24.2 Å². The third kappa shape index (κ3) is 3.87. The molecule has 0 fully saturated rings. The highest BCUT2D eigenvalue weighted by atomic mass is 35.5. The molecule has 0 unspecified atom stereocenters. The zero-order chi connectivity index (χ0) is 15.5. The highest BCUT2D eigenvalue weighted by Crippen LogP contribution is 2.23. The van der Waals surface area contributed by atoms with Crippen LogP contribution in [0.3, 0.4) is 0 Å². The van der Waals surface area contributed by atoms with Crippen LogP contribution in [-0.4, -0.2) is 31.9 Å². The third-order valence-electron chi connectivity index (χ3n) is 2.69. The van der Waals surface area contributed by atoms with Gasteiger partial charge in [-0.2, -0.15) is 5.10 Å². The van der Waals surface area contributed by atoms with Gasteiger partial charge in [-0.05, 0) is 18.2 Å². The molecule has 0 amide bonds. The van der Waals surface area contributed by atoms with Gasteiger partial charge in [-0.25, -0.2) is 8.42 Å². The van der Waals surface area contributed by atoms with E-state index in [0.717, 1.165) is 0 Å². The van der Waals surface area contributed by atoms with E-state index in [1.54, 1.807) is 18.0 Å². The number of aromatic nitrogens is 2. The van der Waals surface area contributed by atoms with E-state index in [4.69, 9.17) is 22.1 Å². The number of methoxy groups -OCH3 is 1. The predicted molar refractivity (Wildman–Crippen MR) is 80.8 cm³/mol. The molecule has 0 radical (unpaired) electrons. The smallest absolute Gasteiger partial charge is 0.262 e. The number of halogens is 1. The maximum absolute atomic E-state index is 12.2. The number of sulfonamides is 1. The molecule has 1 aromatic heterocycles. The summed E-state index contributed by atoms with van der Waals surface area (Å²) >= 11 is 5.84. The van der Waals surface area contributed by atoms with E-state index < -0.39 is 10.0 Å². The molecule has 2 rings (SSSR count). The van der Waals surface area contributed by atoms with Gasteiger partial charge in [0.05, 0.1) is 40.6 Å². The Balaban J connectivity index is 2.16. The molecular weight excluding hydrogens is 316 g/mol. The van der Waals surface area contributed by atoms with Crippen LogP contribution in [0, 0.1) is 0 Å². The predicted octanol–water partition coefficient (Wildman–Crippen LogP) is 1.57. The number of nitrogens with zero attached hydrogens (tertiary/aromatic N) is 2. The van der Waals surface area contributed by atoms with Gasteiger partial charge in [0.2, 0.25) is 0 Å². The Morgan fingerprint density at radius 1 is 1.48 bits per heavy atom. The molecule has 0 saturated heterocycles. The molecule has 114 valence electrons. The number of ether oxygens (including phenoxy) is 1. The number of hydrogen-bond acceptors (Lipinski definition) is 5. The van der Waals surface area contributed by atoms with Crippen LogP contribution in [-0.2, 0) is 21.3 Å². The van der Waals surface area contributed by atoms with E-state index in [1.165, 1.54) is 24.4 Å². The summed E-state index contributed by atoms with van der Waals surface area (Å²) in [5.74, 6) is 0. The van der Waals surface area contributed by atoms with Gasteiger partial charge in [0, 0.05) is 13.3 Å². The zero-order valence-electron chi connectivity index (χ0n) is 11.3. The van der Waals surface area contributed by atoms with Gasteiger partial charge >= 0.3 is 0 Å². The second kappa shape index (κ2) is 6.33. The number of nitrogen functional groups attached to an aromatic ring is 1. The zero-order valence-corrected chi connectivity index (χ0v) is 12.9. The first kappa shape index (κ1) is 15.6. The largest absolute Gasteiger partial charge is 0.398 e. The summed E-state index contributed by atoms with van der Waals surface area (Å²) in [4.78, 5) is 0.0336. The minimum absolute atomic E-state index is 0.0336. The molecule has 1 aromatic carbocycles. The fourth-order valence-electron chi connectivity index (χ4n) is 1.61. The second-order valence-electron chi connectivity index (χ2n) is 4.27. The van der Waals surface area contributed by atoms with Crippen molar-refractivity contribution in [2.45, 2.75) is 11.4 Å². The Morgan fingerprint density at radius 2 is 2.24 bits per heavy atom. The van der Waals surface area contributed by atoms with Gasteiger partial charge in [-0.15, -0.1) is 0 Å². The van der Waals surface area contributed by atoms with Gasteiger partial charge < -0.3 is 10.5 Å². The van der Waals surface area contributed by atoms with Gasteiger partial charge in [0.15, 0.2) is 0 Å². The Hall–Kier alpha value is -1.77. The highest BCUT2D eigenvalue weighted by Gasteiger charge is 2.16. The average Bonchev–Trinajstić information content (AvgIpc) is 2.86. The third-order valence-corrected chi connectivity index (χ3v) is 4.40. The number of hydrogen-bond donors (Lipinski definition) is 2. The summed E-state index contributed by atoms with van der Waals surface area (Å²) in [6.07, 6.45) is 3.00. The van der Waals surface area contributed by atoms with Gasteiger partial charge in [-0.1, -0.05) is 11.6 Å². The highest BCUT2D eigenvalue weighted by molar-refractivity contribution is 7.92. The number of benzene rings is 1. The maximum atomic E-state index is 12.2. The van der Waals surface area contributed by atoms with Crippen LogP contribution in [0.2, 0.25) is 5.02 Å². The molecule has 2 aromatic rings. The molecule has 7 nitrogen and oxygen atoms in total. The molecule has 9 heteroatoms. The molecule has 0 atom stereocenters. The van der Waals surface area contributed by atoms with Crippen molar-refractivity contribution < 1.29 is 13.2 Å². The minimum Gasteiger partial charge on any atom is -0.398 e. The Bertz CT molecular complexity index is 730. The molecular formula is C12H15ClN4O3S. The molecule has 0 aliphatic carbocycles.